The molecular weight excluding hydrogens is 284 g/mol. The third-order valence-electron chi connectivity index (χ3n) is 3.43. The molecule has 2 rings (SSSR count). The number of anilines is 1. The van der Waals surface area contributed by atoms with E-state index in [2.05, 4.69) is 4.98 Å². The van der Waals surface area contributed by atoms with E-state index in [-0.39, 0.29) is 11.8 Å². The molecule has 1 amide bonds. The quantitative estimate of drug-likeness (QED) is 0.785. The van der Waals surface area contributed by atoms with Crippen LogP contribution in [0.4, 0.5) is 5.69 Å². The predicted octanol–water partition coefficient (Wildman–Crippen LogP) is 4.44. The Labute approximate surface area is 130 Å². The van der Waals surface area contributed by atoms with Crippen molar-refractivity contribution in [1.29, 1.82) is 0 Å². The molecule has 0 N–H and O–H groups in total. The third kappa shape index (κ3) is 3.42. The normalized spacial score (nSPS) is 10.8. The molecular formula is C17H19ClN2O. The highest BCUT2D eigenvalue weighted by Crippen LogP contribution is 2.23. The number of rotatable bonds is 3. The van der Waals surface area contributed by atoms with Gasteiger partial charge in [0, 0.05) is 24.0 Å². The minimum Gasteiger partial charge on any atom is -0.311 e. The summed E-state index contributed by atoms with van der Waals surface area (Å²) in [6.45, 7) is 6.04. The fourth-order valence-corrected chi connectivity index (χ4v) is 2.39. The Bertz CT molecular complexity index is 668. The van der Waals surface area contributed by atoms with Crippen molar-refractivity contribution in [2.45, 2.75) is 26.7 Å². The zero-order chi connectivity index (χ0) is 15.6. The molecule has 0 aliphatic carbocycles. The van der Waals surface area contributed by atoms with Crippen molar-refractivity contribution in [2.24, 2.45) is 0 Å². The first-order valence-corrected chi connectivity index (χ1v) is 7.29. The summed E-state index contributed by atoms with van der Waals surface area (Å²) in [6, 6.07) is 11.2. The summed E-state index contributed by atoms with van der Waals surface area (Å²) in [6.07, 6.45) is 0. The number of para-hydroxylation sites is 1. The van der Waals surface area contributed by atoms with E-state index in [0.29, 0.717) is 10.7 Å². The minimum absolute atomic E-state index is 0.0875. The molecule has 2 aromatic rings. The van der Waals surface area contributed by atoms with E-state index in [0.717, 1.165) is 16.9 Å². The Morgan fingerprint density at radius 1 is 1.24 bits per heavy atom. The standard InChI is InChI=1S/C17H19ClN2O/c1-11(2)14-9-13(10-16(18)19-14)17(21)20(4)15-8-6-5-7-12(15)3/h5-11H,1-4H3. The fraction of sp³-hybridized carbons (Fsp3) is 0.294. The van der Waals surface area contributed by atoms with Crippen LogP contribution >= 0.6 is 11.6 Å². The average Bonchev–Trinajstić information content (AvgIpc) is 2.45. The minimum atomic E-state index is -0.0875. The molecule has 0 spiro atoms. The Balaban J connectivity index is 2.38. The van der Waals surface area contributed by atoms with E-state index in [1.54, 1.807) is 18.0 Å². The molecule has 0 saturated heterocycles. The van der Waals surface area contributed by atoms with Crippen molar-refractivity contribution in [3.8, 4) is 0 Å². The van der Waals surface area contributed by atoms with E-state index in [1.165, 1.54) is 0 Å². The summed E-state index contributed by atoms with van der Waals surface area (Å²) in [5, 5.41) is 0.350. The zero-order valence-corrected chi connectivity index (χ0v) is 13.5. The lowest BCUT2D eigenvalue weighted by Gasteiger charge is -2.20. The second kappa shape index (κ2) is 6.27. The van der Waals surface area contributed by atoms with Crippen LogP contribution in [-0.2, 0) is 0 Å². The van der Waals surface area contributed by atoms with Crippen LogP contribution in [0.2, 0.25) is 5.15 Å². The maximum absolute atomic E-state index is 12.7. The molecule has 0 fully saturated rings. The Kier molecular flexibility index (Phi) is 4.63. The number of hydrogen-bond donors (Lipinski definition) is 0. The van der Waals surface area contributed by atoms with Crippen LogP contribution in [-0.4, -0.2) is 17.9 Å². The zero-order valence-electron chi connectivity index (χ0n) is 12.7. The van der Waals surface area contributed by atoms with Gasteiger partial charge in [-0.05, 0) is 36.6 Å². The molecule has 0 aliphatic heterocycles. The topological polar surface area (TPSA) is 33.2 Å². The summed E-state index contributed by atoms with van der Waals surface area (Å²) >= 11 is 6.04. The number of benzene rings is 1. The van der Waals surface area contributed by atoms with Gasteiger partial charge in [0.2, 0.25) is 0 Å². The van der Waals surface area contributed by atoms with Crippen LogP contribution < -0.4 is 4.90 Å². The van der Waals surface area contributed by atoms with E-state index in [9.17, 15) is 4.79 Å². The average molecular weight is 303 g/mol. The highest BCUT2D eigenvalue weighted by Gasteiger charge is 2.17. The van der Waals surface area contributed by atoms with E-state index < -0.39 is 0 Å². The van der Waals surface area contributed by atoms with Crippen LogP contribution in [0.1, 0.15) is 41.4 Å². The fourth-order valence-electron chi connectivity index (χ4n) is 2.18. The van der Waals surface area contributed by atoms with Crippen molar-refractivity contribution < 1.29 is 4.79 Å². The first-order valence-electron chi connectivity index (χ1n) is 6.91. The smallest absolute Gasteiger partial charge is 0.258 e. The molecule has 0 atom stereocenters. The summed E-state index contributed by atoms with van der Waals surface area (Å²) in [5.41, 5.74) is 3.33. The monoisotopic (exact) mass is 302 g/mol. The van der Waals surface area contributed by atoms with Gasteiger partial charge in [0.25, 0.3) is 5.91 Å². The number of nitrogens with zero attached hydrogens (tertiary/aromatic N) is 2. The number of carbonyl (C=O) groups is 1. The van der Waals surface area contributed by atoms with Crippen LogP contribution in [0.25, 0.3) is 0 Å². The van der Waals surface area contributed by atoms with Crippen molar-refractivity contribution in [3.63, 3.8) is 0 Å². The van der Waals surface area contributed by atoms with Crippen molar-refractivity contribution in [2.75, 3.05) is 11.9 Å². The number of aromatic nitrogens is 1. The number of pyridine rings is 1. The van der Waals surface area contributed by atoms with Crippen LogP contribution in [0, 0.1) is 6.92 Å². The van der Waals surface area contributed by atoms with Crippen LogP contribution in [0.15, 0.2) is 36.4 Å². The van der Waals surface area contributed by atoms with Gasteiger partial charge in [-0.25, -0.2) is 4.98 Å². The van der Waals surface area contributed by atoms with Crippen LogP contribution in [0.3, 0.4) is 0 Å². The lowest BCUT2D eigenvalue weighted by atomic mass is 10.1. The molecule has 0 aliphatic rings. The molecule has 1 aromatic heterocycles. The molecule has 1 heterocycles. The SMILES string of the molecule is Cc1ccccc1N(C)C(=O)c1cc(Cl)nc(C(C)C)c1. The number of aryl methyl sites for hydroxylation is 1. The number of amides is 1. The summed E-state index contributed by atoms with van der Waals surface area (Å²) in [5.74, 6) is 0.134. The maximum Gasteiger partial charge on any atom is 0.258 e. The van der Waals surface area contributed by atoms with Crippen LogP contribution in [0.5, 0.6) is 0 Å². The Morgan fingerprint density at radius 2 is 1.90 bits per heavy atom. The van der Waals surface area contributed by atoms with Gasteiger partial charge in [-0.3, -0.25) is 4.79 Å². The number of halogens is 1. The molecule has 1 aromatic carbocycles. The molecule has 0 radical (unpaired) electrons. The second-order valence-electron chi connectivity index (χ2n) is 5.41. The molecule has 3 nitrogen and oxygen atoms in total. The lowest BCUT2D eigenvalue weighted by molar-refractivity contribution is 0.0992. The van der Waals surface area contributed by atoms with Gasteiger partial charge < -0.3 is 4.90 Å². The van der Waals surface area contributed by atoms with Gasteiger partial charge in [0.15, 0.2) is 0 Å². The summed E-state index contributed by atoms with van der Waals surface area (Å²) in [7, 11) is 1.77. The molecule has 0 saturated carbocycles. The molecule has 21 heavy (non-hydrogen) atoms. The van der Waals surface area contributed by atoms with Gasteiger partial charge in [-0.15, -0.1) is 0 Å². The maximum atomic E-state index is 12.7. The van der Waals surface area contributed by atoms with Crippen molar-refractivity contribution in [1.82, 2.24) is 4.98 Å². The van der Waals surface area contributed by atoms with Crippen molar-refractivity contribution in [3.05, 3.63) is 58.4 Å². The van der Waals surface area contributed by atoms with E-state index in [1.807, 2.05) is 51.1 Å². The largest absolute Gasteiger partial charge is 0.311 e. The van der Waals surface area contributed by atoms with Gasteiger partial charge in [0.05, 0.1) is 0 Å². The Morgan fingerprint density at radius 3 is 2.52 bits per heavy atom. The first-order chi connectivity index (χ1) is 9.90. The van der Waals surface area contributed by atoms with Gasteiger partial charge in [0.1, 0.15) is 5.15 Å². The molecule has 110 valence electrons. The van der Waals surface area contributed by atoms with Gasteiger partial charge in [-0.2, -0.15) is 0 Å². The van der Waals surface area contributed by atoms with E-state index in [4.69, 9.17) is 11.6 Å². The molecule has 0 bridgehead atoms. The lowest BCUT2D eigenvalue weighted by Crippen LogP contribution is -2.27. The molecule has 0 unspecified atom stereocenters. The first kappa shape index (κ1) is 15.5. The second-order valence-corrected chi connectivity index (χ2v) is 5.80. The summed E-state index contributed by atoms with van der Waals surface area (Å²) < 4.78 is 0. The number of hydrogen-bond acceptors (Lipinski definition) is 2. The third-order valence-corrected chi connectivity index (χ3v) is 3.63. The Hall–Kier alpha value is -1.87. The van der Waals surface area contributed by atoms with Crippen molar-refractivity contribution >= 4 is 23.2 Å². The predicted molar refractivity (Wildman–Crippen MR) is 87.2 cm³/mol. The highest BCUT2D eigenvalue weighted by atomic mass is 35.5. The molecule has 4 heteroatoms. The highest BCUT2D eigenvalue weighted by molar-refractivity contribution is 6.29. The van der Waals surface area contributed by atoms with Gasteiger partial charge >= 0.3 is 0 Å². The number of carbonyl (C=O) groups excluding carboxylic acids is 1. The van der Waals surface area contributed by atoms with E-state index >= 15 is 0 Å². The van der Waals surface area contributed by atoms with Gasteiger partial charge in [-0.1, -0.05) is 43.6 Å². The summed E-state index contributed by atoms with van der Waals surface area (Å²) in [4.78, 5) is 18.6.